The lowest BCUT2D eigenvalue weighted by molar-refractivity contribution is -0.132. The molecule has 5 aromatic rings. The predicted molar refractivity (Wildman–Crippen MR) is 186 cm³/mol. The van der Waals surface area contributed by atoms with Crippen molar-refractivity contribution in [3.63, 3.8) is 0 Å². The summed E-state index contributed by atoms with van der Waals surface area (Å²) in [5.41, 5.74) is 2.69. The van der Waals surface area contributed by atoms with E-state index in [1.807, 2.05) is 43.3 Å². The van der Waals surface area contributed by atoms with Gasteiger partial charge in [-0.15, -0.1) is 10.2 Å². The Morgan fingerprint density at radius 2 is 1.70 bits per heavy atom. The van der Waals surface area contributed by atoms with E-state index in [0.29, 0.717) is 56.0 Å². The number of ketones is 1. The zero-order valence-electron chi connectivity index (χ0n) is 24.9. The first-order valence-electron chi connectivity index (χ1n) is 14.5. The molecule has 0 radical (unpaired) electrons. The highest BCUT2D eigenvalue weighted by molar-refractivity contribution is 8.00. The highest BCUT2D eigenvalue weighted by Crippen LogP contribution is 2.45. The lowest BCUT2D eigenvalue weighted by Crippen LogP contribution is -2.29. The zero-order chi connectivity index (χ0) is 32.9. The van der Waals surface area contributed by atoms with Gasteiger partial charge in [0.1, 0.15) is 23.9 Å². The fourth-order valence-corrected chi connectivity index (χ4v) is 7.45. The Hall–Kier alpha value is -4.35. The number of ether oxygens (including phenoxy) is 2. The van der Waals surface area contributed by atoms with Crippen LogP contribution in [0.2, 0.25) is 10.0 Å². The number of halogens is 2. The molecule has 0 bridgehead atoms. The van der Waals surface area contributed by atoms with Crippen molar-refractivity contribution in [2.24, 2.45) is 0 Å². The van der Waals surface area contributed by atoms with E-state index in [1.165, 1.54) is 16.7 Å². The number of thioether (sulfide) groups is 1. The summed E-state index contributed by atoms with van der Waals surface area (Å²) in [6.07, 6.45) is 0. The minimum atomic E-state index is -1.00. The molecule has 2 heterocycles. The number of Topliss-reactive ketones (excluding diaryl/α,β-unsaturated/α-hetero) is 1. The normalized spacial score (nSPS) is 15.6. The van der Waals surface area contributed by atoms with Crippen LogP contribution in [-0.2, 0) is 21.9 Å². The van der Waals surface area contributed by atoms with Crippen LogP contribution in [0.3, 0.4) is 0 Å². The molecular formula is C35H27Cl2N3O5S2. The predicted octanol–water partition coefficient (Wildman–Crippen LogP) is 8.74. The number of aliphatic hydroxyl groups is 1. The molecule has 1 unspecified atom stereocenters. The smallest absolute Gasteiger partial charge is 0.301 e. The molecular weight excluding hydrogens is 677 g/mol. The van der Waals surface area contributed by atoms with Gasteiger partial charge in [-0.3, -0.25) is 14.5 Å². The highest BCUT2D eigenvalue weighted by atomic mass is 35.5. The summed E-state index contributed by atoms with van der Waals surface area (Å²) >= 11 is 14.9. The molecule has 1 saturated heterocycles. The topological polar surface area (TPSA) is 102 Å². The van der Waals surface area contributed by atoms with Gasteiger partial charge in [0.15, 0.2) is 4.34 Å². The van der Waals surface area contributed by atoms with Gasteiger partial charge in [-0.25, -0.2) is 0 Å². The third-order valence-corrected chi connectivity index (χ3v) is 9.97. The van der Waals surface area contributed by atoms with Crippen LogP contribution in [0.5, 0.6) is 11.5 Å². The number of rotatable bonds is 11. The van der Waals surface area contributed by atoms with Crippen LogP contribution in [-0.4, -0.2) is 33.6 Å². The maximum Gasteiger partial charge on any atom is 0.301 e. The second-order valence-electron chi connectivity index (χ2n) is 10.3. The number of aromatic nitrogens is 2. The SMILES string of the molecule is CCOc1ccc(/C(O)=C2\C(=O)C(=O)N(c3nnc(SCc4ccc(Cl)cc4Cl)s3)C2c2cccc(OCc3ccccc3)c2)cc1. The molecule has 1 aliphatic heterocycles. The number of hydrogen-bond acceptors (Lipinski definition) is 9. The summed E-state index contributed by atoms with van der Waals surface area (Å²) in [6.45, 7) is 2.68. The molecule has 0 saturated carbocycles. The number of aliphatic hydroxyl groups excluding tert-OH is 1. The first kappa shape index (κ1) is 32.6. The third kappa shape index (κ3) is 7.31. The second kappa shape index (κ2) is 14.6. The molecule has 1 aromatic heterocycles. The Balaban J connectivity index is 1.36. The molecule has 1 N–H and O–H groups in total. The Morgan fingerprint density at radius 1 is 0.915 bits per heavy atom. The lowest BCUT2D eigenvalue weighted by Gasteiger charge is -2.23. The third-order valence-electron chi connectivity index (χ3n) is 7.27. The number of anilines is 1. The molecule has 6 rings (SSSR count). The van der Waals surface area contributed by atoms with E-state index >= 15 is 0 Å². The second-order valence-corrected chi connectivity index (χ2v) is 13.4. The minimum Gasteiger partial charge on any atom is -0.507 e. The van der Waals surface area contributed by atoms with Gasteiger partial charge in [-0.05, 0) is 72.1 Å². The fourth-order valence-electron chi connectivity index (χ4n) is 5.03. The summed E-state index contributed by atoms with van der Waals surface area (Å²) in [6, 6.07) is 27.8. The highest BCUT2D eigenvalue weighted by Gasteiger charge is 2.48. The number of amides is 1. The molecule has 0 spiro atoms. The minimum absolute atomic E-state index is 0.0725. The van der Waals surface area contributed by atoms with Crippen molar-refractivity contribution in [3.8, 4) is 11.5 Å². The monoisotopic (exact) mass is 703 g/mol. The molecule has 1 atom stereocenters. The van der Waals surface area contributed by atoms with Crippen molar-refractivity contribution >= 4 is 68.9 Å². The summed E-state index contributed by atoms with van der Waals surface area (Å²) < 4.78 is 12.2. The van der Waals surface area contributed by atoms with Gasteiger partial charge >= 0.3 is 5.91 Å². The summed E-state index contributed by atoms with van der Waals surface area (Å²) in [5.74, 6) is -0.341. The van der Waals surface area contributed by atoms with Crippen molar-refractivity contribution in [3.05, 3.63) is 135 Å². The molecule has 1 aliphatic rings. The quantitative estimate of drug-likeness (QED) is 0.0479. The average Bonchev–Trinajstić information content (AvgIpc) is 3.65. The first-order chi connectivity index (χ1) is 22.8. The van der Waals surface area contributed by atoms with E-state index in [2.05, 4.69) is 10.2 Å². The lowest BCUT2D eigenvalue weighted by atomic mass is 9.95. The average molecular weight is 705 g/mol. The Kier molecular flexibility index (Phi) is 10.1. The molecule has 1 fully saturated rings. The van der Waals surface area contributed by atoms with Crippen LogP contribution in [0.25, 0.3) is 5.76 Å². The number of benzene rings is 4. The van der Waals surface area contributed by atoms with Crippen LogP contribution in [0.1, 0.15) is 35.2 Å². The Labute approximate surface area is 289 Å². The Morgan fingerprint density at radius 3 is 2.45 bits per heavy atom. The van der Waals surface area contributed by atoms with Gasteiger partial charge in [0.2, 0.25) is 5.13 Å². The van der Waals surface area contributed by atoms with Crippen LogP contribution in [0.4, 0.5) is 5.13 Å². The largest absolute Gasteiger partial charge is 0.507 e. The van der Waals surface area contributed by atoms with E-state index in [-0.39, 0.29) is 16.5 Å². The molecule has 47 heavy (non-hydrogen) atoms. The molecule has 4 aromatic carbocycles. The van der Waals surface area contributed by atoms with Gasteiger partial charge in [-0.2, -0.15) is 0 Å². The first-order valence-corrected chi connectivity index (χ1v) is 17.1. The van der Waals surface area contributed by atoms with E-state index in [4.69, 9.17) is 32.7 Å². The molecule has 238 valence electrons. The van der Waals surface area contributed by atoms with E-state index in [1.54, 1.807) is 60.7 Å². The van der Waals surface area contributed by atoms with Crippen molar-refractivity contribution in [1.82, 2.24) is 10.2 Å². The summed E-state index contributed by atoms with van der Waals surface area (Å²) in [4.78, 5) is 28.7. The Bertz CT molecular complexity index is 1950. The van der Waals surface area contributed by atoms with Crippen molar-refractivity contribution < 1.29 is 24.2 Å². The van der Waals surface area contributed by atoms with Crippen LogP contribution >= 0.6 is 46.3 Å². The molecule has 12 heteroatoms. The molecule has 8 nitrogen and oxygen atoms in total. The zero-order valence-corrected chi connectivity index (χ0v) is 28.1. The number of hydrogen-bond donors (Lipinski definition) is 1. The van der Waals surface area contributed by atoms with E-state index < -0.39 is 17.7 Å². The molecule has 0 aliphatic carbocycles. The fraction of sp³-hybridized carbons (Fsp3) is 0.143. The van der Waals surface area contributed by atoms with Gasteiger partial charge < -0.3 is 14.6 Å². The number of nitrogens with zero attached hydrogens (tertiary/aromatic N) is 3. The van der Waals surface area contributed by atoms with Gasteiger partial charge in [0.25, 0.3) is 5.78 Å². The molecule has 1 amide bonds. The van der Waals surface area contributed by atoms with Crippen LogP contribution in [0, 0.1) is 0 Å². The standard InChI is InChI=1S/C35H27Cl2N3O5S2/c1-2-44-26-15-12-22(13-16-26)31(41)29-30(23-9-6-10-27(17-23)45-19-21-7-4-3-5-8-21)40(33(43)32(29)42)34-38-39-35(47-34)46-20-24-11-14-25(36)18-28(24)37/h3-18,30,41H,2,19-20H2,1H3/b31-29+. The number of carbonyl (C=O) groups excluding carboxylic acids is 2. The maximum atomic E-state index is 13.7. The van der Waals surface area contributed by atoms with E-state index in [0.717, 1.165) is 22.5 Å². The maximum absolute atomic E-state index is 13.7. The van der Waals surface area contributed by atoms with Crippen molar-refractivity contribution in [2.75, 3.05) is 11.5 Å². The number of carbonyl (C=O) groups is 2. The van der Waals surface area contributed by atoms with Gasteiger partial charge in [0, 0.05) is 21.4 Å². The van der Waals surface area contributed by atoms with Gasteiger partial charge in [-0.1, -0.05) is 94.8 Å². The summed E-state index contributed by atoms with van der Waals surface area (Å²) in [7, 11) is 0. The van der Waals surface area contributed by atoms with Crippen molar-refractivity contribution in [1.29, 1.82) is 0 Å². The van der Waals surface area contributed by atoms with Crippen LogP contribution in [0.15, 0.2) is 107 Å². The van der Waals surface area contributed by atoms with Crippen LogP contribution < -0.4 is 14.4 Å². The van der Waals surface area contributed by atoms with Crippen molar-refractivity contribution in [2.45, 2.75) is 29.7 Å². The van der Waals surface area contributed by atoms with Gasteiger partial charge in [0.05, 0.1) is 18.2 Å². The summed E-state index contributed by atoms with van der Waals surface area (Å²) in [5, 5.41) is 21.4. The van der Waals surface area contributed by atoms with E-state index in [9.17, 15) is 14.7 Å².